The zero-order valence-electron chi connectivity index (χ0n) is 63.1. The van der Waals surface area contributed by atoms with Gasteiger partial charge in [0.1, 0.15) is 0 Å². The maximum atomic E-state index is 2.64. The smallest absolute Gasteiger partial charge is 0.0243 e. The lowest BCUT2D eigenvalue weighted by atomic mass is 9.53. The third-order valence-electron chi connectivity index (χ3n) is 28.7. The highest BCUT2D eigenvalue weighted by Crippen LogP contribution is 2.64. The van der Waals surface area contributed by atoms with Crippen molar-refractivity contribution in [2.24, 2.45) is 46.8 Å². The predicted octanol–water partition coefficient (Wildman–Crippen LogP) is 24.0. The van der Waals surface area contributed by atoms with Crippen LogP contribution in [0, 0.1) is 46.8 Å². The molecule has 9 unspecified atom stereocenters. The van der Waals surface area contributed by atoms with Gasteiger partial charge in [-0.1, -0.05) is 313 Å². The Labute approximate surface area is 633 Å². The highest BCUT2D eigenvalue weighted by molar-refractivity contribution is 6.15. The molecule has 0 saturated carbocycles. The van der Waals surface area contributed by atoms with Gasteiger partial charge in [-0.15, -0.1) is 0 Å². The van der Waals surface area contributed by atoms with Gasteiger partial charge in [0.05, 0.1) is 0 Å². The van der Waals surface area contributed by atoms with Crippen LogP contribution in [0.5, 0.6) is 0 Å². The highest BCUT2D eigenvalue weighted by Gasteiger charge is 2.52. The van der Waals surface area contributed by atoms with E-state index in [1.165, 1.54) is 111 Å². The molecule has 16 aliphatic carbocycles. The molecule has 106 heavy (non-hydrogen) atoms. The second kappa shape index (κ2) is 25.9. The Morgan fingerprint density at radius 1 is 0.500 bits per heavy atom. The van der Waals surface area contributed by atoms with E-state index in [-0.39, 0.29) is 22.2 Å². The molecular weight excluding hydrogens is 1290 g/mol. The molecule has 16 aliphatic rings. The van der Waals surface area contributed by atoms with E-state index >= 15 is 0 Å². The van der Waals surface area contributed by atoms with Crippen molar-refractivity contribution in [2.75, 3.05) is 0 Å². The lowest BCUT2D eigenvalue weighted by molar-refractivity contribution is 0.331. The van der Waals surface area contributed by atoms with Crippen LogP contribution in [-0.2, 0) is 10.8 Å². The Morgan fingerprint density at radius 3 is 2.00 bits per heavy atom. The molecule has 4 aromatic carbocycles. The highest BCUT2D eigenvalue weighted by atomic mass is 28.1. The quantitative estimate of drug-likeness (QED) is 0.139. The first kappa shape index (κ1) is 66.1. The molecule has 524 valence electrons. The molecule has 0 aromatic heterocycles. The molecular formula is C105H100Si. The monoisotopic (exact) mass is 1390 g/mol. The Kier molecular flexibility index (Phi) is 16.2. The second-order valence-electron chi connectivity index (χ2n) is 34.7. The van der Waals surface area contributed by atoms with Crippen LogP contribution in [0.3, 0.4) is 0 Å². The maximum Gasteiger partial charge on any atom is 0.0243 e. The molecule has 9 atom stereocenters. The zero-order valence-corrected chi connectivity index (χ0v) is 65.1. The zero-order chi connectivity index (χ0) is 71.2. The van der Waals surface area contributed by atoms with Gasteiger partial charge in [-0.25, -0.2) is 0 Å². The van der Waals surface area contributed by atoms with Crippen LogP contribution in [0.2, 0.25) is 5.54 Å². The van der Waals surface area contributed by atoms with Crippen molar-refractivity contribution < 1.29 is 0 Å². The molecule has 0 bridgehead atoms. The summed E-state index contributed by atoms with van der Waals surface area (Å²) in [5.41, 5.74) is 40.1. The van der Waals surface area contributed by atoms with Gasteiger partial charge in [0.2, 0.25) is 0 Å². The fourth-order valence-corrected chi connectivity index (χ4v) is 23.9. The van der Waals surface area contributed by atoms with Crippen LogP contribution in [0.1, 0.15) is 164 Å². The van der Waals surface area contributed by atoms with Gasteiger partial charge >= 0.3 is 0 Å². The molecule has 0 heterocycles. The minimum atomic E-state index is -0.104. The van der Waals surface area contributed by atoms with E-state index in [4.69, 9.17) is 0 Å². The lowest BCUT2D eigenvalue weighted by Gasteiger charge is -2.50. The summed E-state index contributed by atoms with van der Waals surface area (Å²) >= 11 is 0. The molecule has 0 amide bonds. The van der Waals surface area contributed by atoms with E-state index < -0.39 is 0 Å². The Hall–Kier alpha value is -9.40. The molecule has 1 heteroatoms. The van der Waals surface area contributed by atoms with Crippen LogP contribution in [0.4, 0.5) is 0 Å². The number of rotatable bonds is 10. The lowest BCUT2D eigenvalue weighted by Crippen LogP contribution is -2.40. The summed E-state index contributed by atoms with van der Waals surface area (Å²) in [5.74, 6) is 2.56. The molecule has 0 spiro atoms. The van der Waals surface area contributed by atoms with Gasteiger partial charge in [0, 0.05) is 44.7 Å². The number of fused-ring (bicyclic) bond motifs is 11. The standard InChI is InChI=1S/C105H100Si/c1-103(2)92-37-19-14-28-80(92)82-57-55-75(63-96(82)103)101-84-30-10-12-32-86(84)102(87-33-13-11-31-85(87)101)88-58-54-74(77-25-8-9-27-79(77)88)62-73-24-6-7-26-78(73)99(91-36-18-23-41-98(91)106)67-46-42-65(43-47-67)69-50-52-72-61-70(51-53-71(72)60-69)66-44-48-68(49-45-66)100-89-34-16-21-39-94(89)105(5,95-40-22-17-35-90(95)100)76-56-59-83-81-29-15-20-38-93(81)104(3,4)97(83)64-76/h6-10,12,14-16,18-21,23-42,44,46,48,51,53-54,56,58-60,63,72-73,77-79,94,97-98H,11,13,17,22,43,45,47,49-50,52,55,57,61-62,64H2,1-5,106H3. The minimum Gasteiger partial charge on any atom is -0.0807 e. The second-order valence-corrected chi connectivity index (χ2v) is 36.0. The largest absolute Gasteiger partial charge is 0.0807 e. The van der Waals surface area contributed by atoms with Crippen molar-refractivity contribution in [1.29, 1.82) is 0 Å². The van der Waals surface area contributed by atoms with Crippen molar-refractivity contribution in [3.63, 3.8) is 0 Å². The van der Waals surface area contributed by atoms with Gasteiger partial charge in [-0.3, -0.25) is 0 Å². The van der Waals surface area contributed by atoms with Crippen molar-refractivity contribution >= 4 is 55.5 Å². The van der Waals surface area contributed by atoms with Gasteiger partial charge in [0.15, 0.2) is 0 Å². The third-order valence-corrected chi connectivity index (χ3v) is 29.7. The van der Waals surface area contributed by atoms with Crippen molar-refractivity contribution in [3.8, 4) is 0 Å². The first-order chi connectivity index (χ1) is 51.9. The molecule has 4 aromatic rings. The summed E-state index contributed by atoms with van der Waals surface area (Å²) < 4.78 is 0. The van der Waals surface area contributed by atoms with Crippen LogP contribution < -0.4 is 10.4 Å². The van der Waals surface area contributed by atoms with Gasteiger partial charge in [-0.2, -0.15) is 0 Å². The maximum absolute atomic E-state index is 2.64. The summed E-state index contributed by atoms with van der Waals surface area (Å²) in [6.45, 7) is 12.5. The summed E-state index contributed by atoms with van der Waals surface area (Å²) in [7, 11) is 1.09. The van der Waals surface area contributed by atoms with E-state index in [0.717, 1.165) is 100 Å². The molecule has 20 rings (SSSR count). The molecule has 0 fully saturated rings. The van der Waals surface area contributed by atoms with Gasteiger partial charge in [0.25, 0.3) is 0 Å². The summed E-state index contributed by atoms with van der Waals surface area (Å²) in [5, 5.41) is 5.70. The molecule has 0 saturated heterocycles. The van der Waals surface area contributed by atoms with E-state index in [1.54, 1.807) is 61.3 Å². The van der Waals surface area contributed by atoms with Crippen molar-refractivity contribution in [3.05, 3.63) is 388 Å². The van der Waals surface area contributed by atoms with Crippen LogP contribution >= 0.6 is 0 Å². The summed E-state index contributed by atoms with van der Waals surface area (Å²) in [4.78, 5) is 0. The van der Waals surface area contributed by atoms with Crippen molar-refractivity contribution in [1.82, 2.24) is 0 Å². The minimum absolute atomic E-state index is 0.0158. The molecule has 0 N–H and O–H groups in total. The average Bonchev–Trinajstić information content (AvgIpc) is 1.29. The third kappa shape index (κ3) is 10.5. The predicted molar refractivity (Wildman–Crippen MR) is 453 cm³/mol. The van der Waals surface area contributed by atoms with Crippen LogP contribution in [0.15, 0.2) is 344 Å². The van der Waals surface area contributed by atoms with Crippen LogP contribution in [0.25, 0.3) is 45.2 Å². The molecule has 0 radical (unpaired) electrons. The number of benzene rings is 4. The fourth-order valence-electron chi connectivity index (χ4n) is 23.1. The van der Waals surface area contributed by atoms with Crippen LogP contribution in [-0.4, -0.2) is 10.2 Å². The average molecular weight is 1390 g/mol. The first-order valence-corrected chi connectivity index (χ1v) is 42.0. The number of hydrogen-bond donors (Lipinski definition) is 0. The van der Waals surface area contributed by atoms with Gasteiger partial charge in [-0.05, 0) is 280 Å². The first-order valence-electron chi connectivity index (χ1n) is 40.8. The van der Waals surface area contributed by atoms with E-state index in [0.29, 0.717) is 41.0 Å². The Balaban J connectivity index is 0.570. The SMILES string of the molecule is CC1(C)C2=C(CCC(c3c4c(c(C5=CC=C(CC6C=CC=CC6C(C6=CC=C(C7=CC8=CC=C(C9=CC=C(C%10=C%11C=CC=CC%11C(C)(C%11=CC=C%12c%13ccccc%13C(C)(C)C%12C%11)C%11=CCCC=C%11%10)CC9)CC8CC7)CC6)=C6C=CC=CC6[SiH3])C6C=CC=CC56)c5ccccc35)=CCCC=4)=C2)c2ccccc21. The fraction of sp³-hybridized carbons (Fsp3) is 0.295. The Bertz CT molecular complexity index is 5590. The van der Waals surface area contributed by atoms with E-state index in [2.05, 4.69) is 302 Å². The molecule has 0 nitrogen and oxygen atoms in total. The number of allylic oxidation sites excluding steroid dienone is 50. The Morgan fingerprint density at radius 2 is 1.17 bits per heavy atom. The number of hydrogen-bond acceptors (Lipinski definition) is 0. The van der Waals surface area contributed by atoms with E-state index in [1.807, 2.05) is 0 Å². The summed E-state index contributed by atoms with van der Waals surface area (Å²) in [6, 6.07) is 27.9. The normalized spacial score (nSPS) is 29.8. The van der Waals surface area contributed by atoms with Gasteiger partial charge < -0.3 is 0 Å². The summed E-state index contributed by atoms with van der Waals surface area (Å²) in [6.07, 6.45) is 96.5. The van der Waals surface area contributed by atoms with Crippen molar-refractivity contribution in [2.45, 2.75) is 147 Å². The topological polar surface area (TPSA) is 0 Å². The molecule has 0 aliphatic heterocycles. The van der Waals surface area contributed by atoms with E-state index in [9.17, 15) is 0 Å².